The Morgan fingerprint density at radius 1 is 1.24 bits per heavy atom. The van der Waals surface area contributed by atoms with Crippen molar-refractivity contribution in [3.8, 4) is 0 Å². The summed E-state index contributed by atoms with van der Waals surface area (Å²) >= 11 is 0. The highest BCUT2D eigenvalue weighted by Gasteiger charge is 2.11. The van der Waals surface area contributed by atoms with Crippen LogP contribution in [0.3, 0.4) is 0 Å². The van der Waals surface area contributed by atoms with Gasteiger partial charge in [-0.25, -0.2) is 0 Å². The summed E-state index contributed by atoms with van der Waals surface area (Å²) in [4.78, 5) is 23.0. The van der Waals surface area contributed by atoms with Gasteiger partial charge in [-0.15, -0.1) is 0 Å². The molecule has 0 heterocycles. The second-order valence-electron chi connectivity index (χ2n) is 5.14. The number of hydrogen-bond acceptors (Lipinski definition) is 2. The van der Waals surface area contributed by atoms with Crippen LogP contribution in [-0.4, -0.2) is 17.2 Å². The number of allylic oxidation sites excluding steroid dienone is 2. The summed E-state index contributed by atoms with van der Waals surface area (Å²) in [5, 5.41) is 2.75. The van der Waals surface area contributed by atoms with E-state index in [4.69, 9.17) is 0 Å². The van der Waals surface area contributed by atoms with Gasteiger partial charge in [0.1, 0.15) is 0 Å². The molecule has 0 aliphatic heterocycles. The van der Waals surface area contributed by atoms with Gasteiger partial charge >= 0.3 is 0 Å². The molecule has 0 atom stereocenters. The number of hydrogen-bond donors (Lipinski definition) is 1. The van der Waals surface area contributed by atoms with Crippen molar-refractivity contribution >= 4 is 11.7 Å². The Hall–Kier alpha value is -1.38. The van der Waals surface area contributed by atoms with E-state index in [1.54, 1.807) is 0 Å². The summed E-state index contributed by atoms with van der Waals surface area (Å²) in [6.07, 6.45) is 5.23. The Labute approximate surface area is 104 Å². The minimum atomic E-state index is -0.288. The molecule has 3 heteroatoms. The molecular formula is C14H23NO2. The van der Waals surface area contributed by atoms with Crippen molar-refractivity contribution in [2.24, 2.45) is 0 Å². The first-order chi connectivity index (χ1) is 7.76. The third-order valence-electron chi connectivity index (χ3n) is 2.06. The number of rotatable bonds is 6. The molecule has 0 aliphatic carbocycles. The van der Waals surface area contributed by atoms with Crippen molar-refractivity contribution in [3.05, 3.63) is 24.3 Å². The summed E-state index contributed by atoms with van der Waals surface area (Å²) in [7, 11) is 0. The standard InChI is InChI=1S/C14H23NO2/c1-6-7-8-11(2)12(16)9-10-13(17)15-14(3,4)5/h9-10H,2,6-8H2,1,3-5H3,(H,15,17). The molecule has 96 valence electrons. The maximum atomic E-state index is 11.6. The highest BCUT2D eigenvalue weighted by Crippen LogP contribution is 2.06. The Morgan fingerprint density at radius 2 is 1.82 bits per heavy atom. The number of amides is 1. The lowest BCUT2D eigenvalue weighted by molar-refractivity contribution is -0.118. The zero-order valence-electron chi connectivity index (χ0n) is 11.3. The van der Waals surface area contributed by atoms with E-state index in [1.165, 1.54) is 12.2 Å². The largest absolute Gasteiger partial charge is 0.348 e. The van der Waals surface area contributed by atoms with Gasteiger partial charge in [0.25, 0.3) is 0 Å². The molecule has 1 amide bonds. The average molecular weight is 237 g/mol. The fourth-order valence-electron chi connectivity index (χ4n) is 1.19. The molecule has 0 unspecified atom stereocenters. The second kappa shape index (κ2) is 7.05. The van der Waals surface area contributed by atoms with Crippen LogP contribution < -0.4 is 5.32 Å². The van der Waals surface area contributed by atoms with Gasteiger partial charge in [-0.1, -0.05) is 19.9 Å². The van der Waals surface area contributed by atoms with E-state index in [2.05, 4.69) is 18.8 Å². The number of carbonyl (C=O) groups excluding carboxylic acids is 2. The van der Waals surface area contributed by atoms with Gasteiger partial charge < -0.3 is 5.32 Å². The molecule has 0 bridgehead atoms. The quantitative estimate of drug-likeness (QED) is 0.722. The minimum Gasteiger partial charge on any atom is -0.348 e. The van der Waals surface area contributed by atoms with Gasteiger partial charge in [0, 0.05) is 11.6 Å². The highest BCUT2D eigenvalue weighted by molar-refractivity contribution is 6.06. The van der Waals surface area contributed by atoms with E-state index in [1.807, 2.05) is 20.8 Å². The van der Waals surface area contributed by atoms with E-state index in [9.17, 15) is 9.59 Å². The summed E-state index contributed by atoms with van der Waals surface area (Å²) in [6.45, 7) is 11.4. The van der Waals surface area contributed by atoms with Gasteiger partial charge in [0.15, 0.2) is 5.78 Å². The molecule has 17 heavy (non-hydrogen) atoms. The van der Waals surface area contributed by atoms with Crippen molar-refractivity contribution in [2.75, 3.05) is 0 Å². The summed E-state index contributed by atoms with van der Waals surface area (Å²) in [5.41, 5.74) is 0.274. The van der Waals surface area contributed by atoms with E-state index in [-0.39, 0.29) is 17.2 Å². The van der Waals surface area contributed by atoms with Crippen molar-refractivity contribution in [1.82, 2.24) is 5.32 Å². The SMILES string of the molecule is C=C(CCCC)C(=O)C=CC(=O)NC(C)(C)C. The number of carbonyl (C=O) groups is 2. The summed E-state index contributed by atoms with van der Waals surface area (Å²) in [6, 6.07) is 0. The predicted octanol–water partition coefficient (Wildman–Crippen LogP) is 2.77. The fraction of sp³-hybridized carbons (Fsp3) is 0.571. The predicted molar refractivity (Wildman–Crippen MR) is 70.7 cm³/mol. The first-order valence-electron chi connectivity index (χ1n) is 5.98. The highest BCUT2D eigenvalue weighted by atomic mass is 16.1. The van der Waals surface area contributed by atoms with Crippen molar-refractivity contribution < 1.29 is 9.59 Å². The zero-order chi connectivity index (χ0) is 13.5. The molecule has 0 aromatic rings. The molecule has 0 aromatic carbocycles. The van der Waals surface area contributed by atoms with Crippen molar-refractivity contribution in [3.63, 3.8) is 0 Å². The number of nitrogens with one attached hydrogen (secondary N) is 1. The fourth-order valence-corrected chi connectivity index (χ4v) is 1.19. The van der Waals surface area contributed by atoms with E-state index in [0.29, 0.717) is 12.0 Å². The molecule has 0 fully saturated rings. The lowest BCUT2D eigenvalue weighted by Crippen LogP contribution is -2.39. The van der Waals surface area contributed by atoms with Gasteiger partial charge in [-0.05, 0) is 45.3 Å². The number of unbranched alkanes of at least 4 members (excludes halogenated alkanes) is 1. The van der Waals surface area contributed by atoms with Crippen LogP contribution in [0.25, 0.3) is 0 Å². The third kappa shape index (κ3) is 8.43. The Morgan fingerprint density at radius 3 is 2.29 bits per heavy atom. The van der Waals surface area contributed by atoms with Crippen LogP contribution in [0, 0.1) is 0 Å². The van der Waals surface area contributed by atoms with Crippen LogP contribution in [-0.2, 0) is 9.59 Å². The van der Waals surface area contributed by atoms with Crippen LogP contribution in [0.2, 0.25) is 0 Å². The minimum absolute atomic E-state index is 0.164. The first kappa shape index (κ1) is 15.6. The zero-order valence-corrected chi connectivity index (χ0v) is 11.3. The van der Waals surface area contributed by atoms with E-state index < -0.39 is 0 Å². The lowest BCUT2D eigenvalue weighted by atomic mass is 10.1. The first-order valence-corrected chi connectivity index (χ1v) is 5.98. The molecule has 3 nitrogen and oxygen atoms in total. The molecule has 0 saturated carbocycles. The third-order valence-corrected chi connectivity index (χ3v) is 2.06. The van der Waals surface area contributed by atoms with Crippen LogP contribution >= 0.6 is 0 Å². The van der Waals surface area contributed by atoms with Crippen LogP contribution in [0.1, 0.15) is 47.0 Å². The second-order valence-corrected chi connectivity index (χ2v) is 5.14. The molecule has 0 aromatic heterocycles. The smallest absolute Gasteiger partial charge is 0.244 e. The molecule has 0 saturated heterocycles. The van der Waals surface area contributed by atoms with Crippen molar-refractivity contribution in [1.29, 1.82) is 0 Å². The summed E-state index contributed by atoms with van der Waals surface area (Å²) < 4.78 is 0. The summed E-state index contributed by atoms with van der Waals surface area (Å²) in [5.74, 6) is -0.420. The van der Waals surface area contributed by atoms with Gasteiger partial charge in [0.05, 0.1) is 0 Å². The molecule has 0 rings (SSSR count). The maximum absolute atomic E-state index is 11.6. The van der Waals surface area contributed by atoms with Crippen LogP contribution in [0.15, 0.2) is 24.3 Å². The van der Waals surface area contributed by atoms with E-state index in [0.717, 1.165) is 12.8 Å². The molecule has 0 radical (unpaired) electrons. The maximum Gasteiger partial charge on any atom is 0.244 e. The normalized spacial score (nSPS) is 11.5. The molecule has 1 N–H and O–H groups in total. The van der Waals surface area contributed by atoms with Gasteiger partial charge in [0.2, 0.25) is 5.91 Å². The molecule has 0 aliphatic rings. The lowest BCUT2D eigenvalue weighted by Gasteiger charge is -2.18. The number of ketones is 1. The van der Waals surface area contributed by atoms with Gasteiger partial charge in [-0.2, -0.15) is 0 Å². The van der Waals surface area contributed by atoms with Crippen LogP contribution in [0.4, 0.5) is 0 Å². The topological polar surface area (TPSA) is 46.2 Å². The van der Waals surface area contributed by atoms with Gasteiger partial charge in [-0.3, -0.25) is 9.59 Å². The average Bonchev–Trinajstić information content (AvgIpc) is 2.20. The van der Waals surface area contributed by atoms with E-state index >= 15 is 0 Å². The Kier molecular flexibility index (Phi) is 6.47. The molecule has 0 spiro atoms. The van der Waals surface area contributed by atoms with Crippen LogP contribution in [0.5, 0.6) is 0 Å². The monoisotopic (exact) mass is 237 g/mol. The van der Waals surface area contributed by atoms with Crippen molar-refractivity contribution in [2.45, 2.75) is 52.5 Å². The molecular weight excluding hydrogens is 214 g/mol. The Balaban J connectivity index is 4.20. The Bertz CT molecular complexity index is 322.